The Labute approximate surface area is 108 Å². The predicted molar refractivity (Wildman–Crippen MR) is 72.9 cm³/mol. The summed E-state index contributed by atoms with van der Waals surface area (Å²) in [5.41, 5.74) is 2.31. The van der Waals surface area contributed by atoms with E-state index in [1.165, 1.54) is 15.8 Å². The first-order valence-corrected chi connectivity index (χ1v) is 6.65. The van der Waals surface area contributed by atoms with Crippen molar-refractivity contribution in [3.05, 3.63) is 52.0 Å². The van der Waals surface area contributed by atoms with Crippen LogP contribution in [0.4, 0.5) is 0 Å². The van der Waals surface area contributed by atoms with Gasteiger partial charge >= 0.3 is 0 Å². The van der Waals surface area contributed by atoms with Crippen LogP contribution in [-0.2, 0) is 6.54 Å². The minimum atomic E-state index is 0.770. The second-order valence-electron chi connectivity index (χ2n) is 4.01. The molecule has 17 heavy (non-hydrogen) atoms. The highest BCUT2D eigenvalue weighted by Gasteiger charge is 2.08. The highest BCUT2D eigenvalue weighted by Crippen LogP contribution is 2.24. The third-order valence-corrected chi connectivity index (χ3v) is 3.96. The molecule has 0 bridgehead atoms. The molecule has 0 aliphatic heterocycles. The van der Waals surface area contributed by atoms with Gasteiger partial charge in [-0.3, -0.25) is 4.68 Å². The lowest BCUT2D eigenvalue weighted by Crippen LogP contribution is -2.00. The summed E-state index contributed by atoms with van der Waals surface area (Å²) in [6.45, 7) is 2.84. The lowest BCUT2D eigenvalue weighted by atomic mass is 10.2. The number of nitrogens with zero attached hydrogens (tertiary/aromatic N) is 2. The maximum atomic E-state index is 5.88. The quantitative estimate of drug-likeness (QED) is 0.680. The molecule has 86 valence electrons. The molecule has 0 saturated carbocycles. The van der Waals surface area contributed by atoms with Crippen LogP contribution in [0.25, 0.3) is 10.2 Å². The van der Waals surface area contributed by atoms with Crippen LogP contribution in [-0.4, -0.2) is 9.78 Å². The fourth-order valence-corrected chi connectivity index (χ4v) is 2.96. The number of benzene rings is 1. The maximum absolute atomic E-state index is 5.88. The number of hydrogen-bond acceptors (Lipinski definition) is 2. The number of aryl methyl sites for hydroxylation is 1. The van der Waals surface area contributed by atoms with Crippen molar-refractivity contribution in [2.45, 2.75) is 13.5 Å². The zero-order valence-electron chi connectivity index (χ0n) is 9.35. The summed E-state index contributed by atoms with van der Waals surface area (Å²) in [5, 5.41) is 8.69. The molecule has 0 aliphatic carbocycles. The normalized spacial score (nSPS) is 11.2. The SMILES string of the molecule is Cc1nn(Cc2ccc(Cl)cc2)c2sccc12. The molecular weight excluding hydrogens is 252 g/mol. The van der Waals surface area contributed by atoms with Crippen LogP contribution in [0.15, 0.2) is 35.7 Å². The van der Waals surface area contributed by atoms with Crippen molar-refractivity contribution in [3.8, 4) is 0 Å². The average molecular weight is 263 g/mol. The minimum Gasteiger partial charge on any atom is -0.250 e. The highest BCUT2D eigenvalue weighted by atomic mass is 35.5. The van der Waals surface area contributed by atoms with Crippen LogP contribution in [0.1, 0.15) is 11.3 Å². The molecule has 3 rings (SSSR count). The van der Waals surface area contributed by atoms with Crippen molar-refractivity contribution in [3.63, 3.8) is 0 Å². The molecule has 0 radical (unpaired) electrons. The molecule has 0 amide bonds. The smallest absolute Gasteiger partial charge is 0.121 e. The molecule has 2 aromatic heterocycles. The Kier molecular flexibility index (Phi) is 2.65. The second kappa shape index (κ2) is 4.17. The summed E-state index contributed by atoms with van der Waals surface area (Å²) in [6.07, 6.45) is 0. The van der Waals surface area contributed by atoms with Crippen LogP contribution < -0.4 is 0 Å². The monoisotopic (exact) mass is 262 g/mol. The van der Waals surface area contributed by atoms with Gasteiger partial charge in [-0.15, -0.1) is 11.3 Å². The fraction of sp³-hybridized carbons (Fsp3) is 0.154. The van der Waals surface area contributed by atoms with Gasteiger partial charge in [0.25, 0.3) is 0 Å². The Morgan fingerprint density at radius 2 is 2.00 bits per heavy atom. The standard InChI is InChI=1S/C13H11ClN2S/c1-9-12-6-7-17-13(12)16(15-9)8-10-2-4-11(14)5-3-10/h2-7H,8H2,1H3. The van der Waals surface area contributed by atoms with Crippen LogP contribution in [0, 0.1) is 6.92 Å². The van der Waals surface area contributed by atoms with Gasteiger partial charge in [0.1, 0.15) is 4.83 Å². The first-order valence-electron chi connectivity index (χ1n) is 5.39. The summed E-state index contributed by atoms with van der Waals surface area (Å²) >= 11 is 7.61. The summed E-state index contributed by atoms with van der Waals surface area (Å²) < 4.78 is 2.05. The fourth-order valence-electron chi connectivity index (χ4n) is 1.93. The molecule has 1 aromatic carbocycles. The first kappa shape index (κ1) is 10.8. The molecule has 0 unspecified atom stereocenters. The van der Waals surface area contributed by atoms with Gasteiger partial charge in [-0.2, -0.15) is 5.10 Å². The predicted octanol–water partition coefficient (Wildman–Crippen LogP) is 4.11. The van der Waals surface area contributed by atoms with Gasteiger partial charge in [0.05, 0.1) is 12.2 Å². The van der Waals surface area contributed by atoms with E-state index < -0.39 is 0 Å². The Balaban J connectivity index is 1.99. The number of aromatic nitrogens is 2. The average Bonchev–Trinajstić information content (AvgIpc) is 2.88. The topological polar surface area (TPSA) is 17.8 Å². The van der Waals surface area contributed by atoms with Gasteiger partial charge in [-0.1, -0.05) is 23.7 Å². The van der Waals surface area contributed by atoms with E-state index in [1.54, 1.807) is 11.3 Å². The lowest BCUT2D eigenvalue weighted by Gasteiger charge is -2.02. The molecule has 3 aromatic rings. The van der Waals surface area contributed by atoms with Gasteiger partial charge in [0, 0.05) is 10.4 Å². The van der Waals surface area contributed by atoms with E-state index in [1.807, 2.05) is 31.2 Å². The number of hydrogen-bond donors (Lipinski definition) is 0. The van der Waals surface area contributed by atoms with Gasteiger partial charge in [-0.25, -0.2) is 0 Å². The summed E-state index contributed by atoms with van der Waals surface area (Å²) in [7, 11) is 0. The summed E-state index contributed by atoms with van der Waals surface area (Å²) in [6, 6.07) is 10.0. The molecule has 0 spiro atoms. The van der Waals surface area contributed by atoms with Crippen LogP contribution in [0.5, 0.6) is 0 Å². The van der Waals surface area contributed by atoms with E-state index in [-0.39, 0.29) is 0 Å². The third kappa shape index (κ3) is 1.96. The van der Waals surface area contributed by atoms with Crippen molar-refractivity contribution >= 4 is 33.2 Å². The van der Waals surface area contributed by atoms with Crippen molar-refractivity contribution in [1.29, 1.82) is 0 Å². The molecular formula is C13H11ClN2S. The summed E-state index contributed by atoms with van der Waals surface area (Å²) in [4.78, 5) is 1.23. The largest absolute Gasteiger partial charge is 0.250 e. The molecule has 0 N–H and O–H groups in total. The zero-order chi connectivity index (χ0) is 11.8. The number of thiophene rings is 1. The van der Waals surface area contributed by atoms with Crippen molar-refractivity contribution in [1.82, 2.24) is 9.78 Å². The van der Waals surface area contributed by atoms with E-state index in [0.29, 0.717) is 0 Å². The van der Waals surface area contributed by atoms with Crippen LogP contribution in [0.3, 0.4) is 0 Å². The van der Waals surface area contributed by atoms with E-state index in [9.17, 15) is 0 Å². The van der Waals surface area contributed by atoms with E-state index in [0.717, 1.165) is 17.3 Å². The van der Waals surface area contributed by atoms with E-state index in [4.69, 9.17) is 11.6 Å². The molecule has 4 heteroatoms. The Morgan fingerprint density at radius 3 is 2.76 bits per heavy atom. The first-order chi connectivity index (χ1) is 8.24. The number of rotatable bonds is 2. The Bertz CT molecular complexity index is 652. The minimum absolute atomic E-state index is 0.770. The van der Waals surface area contributed by atoms with Gasteiger partial charge in [0.15, 0.2) is 0 Å². The van der Waals surface area contributed by atoms with E-state index >= 15 is 0 Å². The molecule has 2 nitrogen and oxygen atoms in total. The van der Waals surface area contributed by atoms with Crippen molar-refractivity contribution in [2.75, 3.05) is 0 Å². The molecule has 0 atom stereocenters. The molecule has 0 aliphatic rings. The van der Waals surface area contributed by atoms with Gasteiger partial charge in [0.2, 0.25) is 0 Å². The van der Waals surface area contributed by atoms with Crippen molar-refractivity contribution < 1.29 is 0 Å². The van der Waals surface area contributed by atoms with Gasteiger partial charge < -0.3 is 0 Å². The Morgan fingerprint density at radius 1 is 1.24 bits per heavy atom. The van der Waals surface area contributed by atoms with Gasteiger partial charge in [-0.05, 0) is 36.1 Å². The van der Waals surface area contributed by atoms with Crippen LogP contribution in [0.2, 0.25) is 5.02 Å². The Hall–Kier alpha value is -1.32. The lowest BCUT2D eigenvalue weighted by molar-refractivity contribution is 0.707. The van der Waals surface area contributed by atoms with Crippen molar-refractivity contribution in [2.24, 2.45) is 0 Å². The third-order valence-electron chi connectivity index (χ3n) is 2.79. The number of halogens is 1. The molecule has 0 fully saturated rings. The van der Waals surface area contributed by atoms with Crippen LogP contribution >= 0.6 is 22.9 Å². The number of fused-ring (bicyclic) bond motifs is 1. The maximum Gasteiger partial charge on any atom is 0.121 e. The molecule has 0 saturated heterocycles. The molecule has 2 heterocycles. The second-order valence-corrected chi connectivity index (χ2v) is 5.34. The summed E-state index contributed by atoms with van der Waals surface area (Å²) in [5.74, 6) is 0. The zero-order valence-corrected chi connectivity index (χ0v) is 10.9. The highest BCUT2D eigenvalue weighted by molar-refractivity contribution is 7.16. The van der Waals surface area contributed by atoms with E-state index in [2.05, 4.69) is 21.2 Å².